The lowest BCUT2D eigenvalue weighted by atomic mass is 9.80. The van der Waals surface area contributed by atoms with Crippen molar-refractivity contribution in [3.8, 4) is 11.8 Å². The minimum absolute atomic E-state index is 0.193. The highest BCUT2D eigenvalue weighted by molar-refractivity contribution is 5.40. The largest absolute Gasteiger partial charge is 0.573 e. The molecule has 0 unspecified atom stereocenters. The fraction of sp³-hybridized carbons (Fsp3) is 0.364. The van der Waals surface area contributed by atoms with E-state index >= 15 is 0 Å². The summed E-state index contributed by atoms with van der Waals surface area (Å²) in [4.78, 5) is 0. The van der Waals surface area contributed by atoms with Gasteiger partial charge in [-0.3, -0.25) is 0 Å². The van der Waals surface area contributed by atoms with Crippen LogP contribution in [0.5, 0.6) is 5.75 Å². The summed E-state index contributed by atoms with van der Waals surface area (Å²) in [5.74, 6) is -0.323. The van der Waals surface area contributed by atoms with Crippen molar-refractivity contribution >= 4 is 0 Å². The normalized spacial score (nSPS) is 18.0. The molecular formula is C11H8F3NO2. The molecule has 0 atom stereocenters. The highest BCUT2D eigenvalue weighted by Gasteiger charge is 2.41. The molecule has 0 aromatic heterocycles. The number of nitrogens with zero attached hydrogens (tertiary/aromatic N) is 1. The average Bonchev–Trinajstić information content (AvgIpc) is 2.14. The first kappa shape index (κ1) is 11.7. The third-order valence-electron chi connectivity index (χ3n) is 2.53. The molecule has 1 aromatic rings. The second-order valence-electron chi connectivity index (χ2n) is 3.76. The Morgan fingerprint density at radius 1 is 1.35 bits per heavy atom. The second-order valence-corrected chi connectivity index (χ2v) is 3.76. The zero-order valence-corrected chi connectivity index (χ0v) is 8.62. The molecule has 6 heteroatoms. The topological polar surface area (TPSA) is 42.2 Å². The monoisotopic (exact) mass is 243 g/mol. The van der Waals surface area contributed by atoms with Gasteiger partial charge < -0.3 is 9.47 Å². The van der Waals surface area contributed by atoms with Gasteiger partial charge in [0.2, 0.25) is 0 Å². The number of nitriles is 1. The molecule has 1 heterocycles. The van der Waals surface area contributed by atoms with Crippen LogP contribution in [0.15, 0.2) is 24.3 Å². The van der Waals surface area contributed by atoms with Crippen molar-refractivity contribution in [2.24, 2.45) is 0 Å². The van der Waals surface area contributed by atoms with Crippen molar-refractivity contribution < 1.29 is 22.6 Å². The third kappa shape index (κ3) is 2.34. The average molecular weight is 243 g/mol. The maximum atomic E-state index is 12.0. The Morgan fingerprint density at radius 3 is 2.53 bits per heavy atom. The number of benzene rings is 1. The molecule has 0 N–H and O–H groups in total. The summed E-state index contributed by atoms with van der Waals surface area (Å²) in [6.45, 7) is 0.387. The third-order valence-corrected chi connectivity index (χ3v) is 2.53. The van der Waals surface area contributed by atoms with Crippen LogP contribution in [0.3, 0.4) is 0 Å². The van der Waals surface area contributed by atoms with Crippen molar-refractivity contribution in [3.05, 3.63) is 29.8 Å². The molecule has 1 aliphatic heterocycles. The van der Waals surface area contributed by atoms with Crippen molar-refractivity contribution in [2.45, 2.75) is 11.8 Å². The fourth-order valence-corrected chi connectivity index (χ4v) is 1.59. The van der Waals surface area contributed by atoms with Crippen molar-refractivity contribution in [1.82, 2.24) is 0 Å². The molecule has 0 saturated carbocycles. The molecule has 17 heavy (non-hydrogen) atoms. The lowest BCUT2D eigenvalue weighted by Gasteiger charge is -2.35. The molecule has 0 radical (unpaired) electrons. The minimum atomic E-state index is -4.73. The SMILES string of the molecule is N#CC1(c2cccc(OC(F)(F)F)c2)COC1. The van der Waals surface area contributed by atoms with Crippen molar-refractivity contribution in [1.29, 1.82) is 5.26 Å². The van der Waals surface area contributed by atoms with Crippen molar-refractivity contribution in [2.75, 3.05) is 13.2 Å². The highest BCUT2D eigenvalue weighted by atomic mass is 19.4. The maximum Gasteiger partial charge on any atom is 0.573 e. The molecular weight excluding hydrogens is 235 g/mol. The zero-order valence-electron chi connectivity index (χ0n) is 8.62. The van der Waals surface area contributed by atoms with E-state index in [9.17, 15) is 13.2 Å². The van der Waals surface area contributed by atoms with E-state index in [2.05, 4.69) is 10.8 Å². The summed E-state index contributed by atoms with van der Waals surface area (Å²) in [6.07, 6.45) is -4.73. The molecule has 1 aromatic carbocycles. The van der Waals surface area contributed by atoms with Crippen LogP contribution in [0.4, 0.5) is 13.2 Å². The van der Waals surface area contributed by atoms with E-state index < -0.39 is 11.8 Å². The molecule has 1 fully saturated rings. The summed E-state index contributed by atoms with van der Waals surface area (Å²) >= 11 is 0. The van der Waals surface area contributed by atoms with Crippen LogP contribution >= 0.6 is 0 Å². The number of rotatable bonds is 2. The van der Waals surface area contributed by atoms with E-state index in [0.717, 1.165) is 0 Å². The van der Waals surface area contributed by atoms with Gasteiger partial charge in [0.15, 0.2) is 0 Å². The van der Waals surface area contributed by atoms with E-state index in [0.29, 0.717) is 5.56 Å². The molecule has 1 aliphatic rings. The first-order valence-corrected chi connectivity index (χ1v) is 4.80. The molecule has 0 amide bonds. The fourth-order valence-electron chi connectivity index (χ4n) is 1.59. The predicted molar refractivity (Wildman–Crippen MR) is 51.2 cm³/mol. The highest BCUT2D eigenvalue weighted by Crippen LogP contribution is 2.34. The molecule has 1 saturated heterocycles. The Bertz CT molecular complexity index is 461. The van der Waals surface area contributed by atoms with Gasteiger partial charge in [-0.25, -0.2) is 0 Å². The lowest BCUT2D eigenvalue weighted by Crippen LogP contribution is -2.45. The van der Waals surface area contributed by atoms with Gasteiger partial charge in [-0.05, 0) is 17.7 Å². The zero-order chi connectivity index (χ0) is 12.5. The molecule has 90 valence electrons. The van der Waals surface area contributed by atoms with Crippen LogP contribution in [-0.2, 0) is 10.2 Å². The van der Waals surface area contributed by atoms with E-state index in [-0.39, 0.29) is 19.0 Å². The maximum absolute atomic E-state index is 12.0. The lowest BCUT2D eigenvalue weighted by molar-refractivity contribution is -0.274. The number of hydrogen-bond donors (Lipinski definition) is 0. The van der Waals surface area contributed by atoms with Gasteiger partial charge in [0, 0.05) is 0 Å². The first-order chi connectivity index (χ1) is 7.95. The number of halogens is 3. The summed E-state index contributed by atoms with van der Waals surface area (Å²) < 4.78 is 44.8. The molecule has 0 aliphatic carbocycles. The smallest absolute Gasteiger partial charge is 0.406 e. The van der Waals surface area contributed by atoms with E-state index in [1.165, 1.54) is 18.2 Å². The Labute approximate surface area is 95.4 Å². The summed E-state index contributed by atoms with van der Waals surface area (Å²) in [6, 6.07) is 7.49. The number of ether oxygens (including phenoxy) is 2. The molecule has 0 spiro atoms. The summed E-state index contributed by atoms with van der Waals surface area (Å²) in [5.41, 5.74) is -0.363. The summed E-state index contributed by atoms with van der Waals surface area (Å²) in [7, 11) is 0. The van der Waals surface area contributed by atoms with Crippen LogP contribution < -0.4 is 4.74 Å². The summed E-state index contributed by atoms with van der Waals surface area (Å²) in [5, 5.41) is 9.02. The molecule has 3 nitrogen and oxygen atoms in total. The Morgan fingerprint density at radius 2 is 2.06 bits per heavy atom. The van der Waals surface area contributed by atoms with Crippen LogP contribution in [-0.4, -0.2) is 19.6 Å². The van der Waals surface area contributed by atoms with Gasteiger partial charge in [-0.15, -0.1) is 13.2 Å². The predicted octanol–water partition coefficient (Wildman–Crippen LogP) is 2.38. The molecule has 0 bridgehead atoms. The number of alkyl halides is 3. The van der Waals surface area contributed by atoms with Gasteiger partial charge in [0.1, 0.15) is 11.2 Å². The van der Waals surface area contributed by atoms with Crippen molar-refractivity contribution in [3.63, 3.8) is 0 Å². The Kier molecular flexibility index (Phi) is 2.71. The number of hydrogen-bond acceptors (Lipinski definition) is 3. The minimum Gasteiger partial charge on any atom is -0.406 e. The van der Waals surface area contributed by atoms with Crippen LogP contribution in [0.2, 0.25) is 0 Å². The van der Waals surface area contributed by atoms with Gasteiger partial charge >= 0.3 is 6.36 Å². The van der Waals surface area contributed by atoms with Crippen LogP contribution in [0.25, 0.3) is 0 Å². The van der Waals surface area contributed by atoms with Gasteiger partial charge in [0.05, 0.1) is 19.3 Å². The second kappa shape index (κ2) is 3.93. The van der Waals surface area contributed by atoms with Crippen LogP contribution in [0, 0.1) is 11.3 Å². The Balaban J connectivity index is 2.26. The molecule has 2 rings (SSSR count). The van der Waals surface area contributed by atoms with Gasteiger partial charge in [-0.1, -0.05) is 12.1 Å². The van der Waals surface area contributed by atoms with E-state index in [1.807, 2.05) is 0 Å². The first-order valence-electron chi connectivity index (χ1n) is 4.80. The van der Waals surface area contributed by atoms with Gasteiger partial charge in [0.25, 0.3) is 0 Å². The standard InChI is InChI=1S/C11H8F3NO2/c12-11(13,14)17-9-3-1-2-8(4-9)10(5-15)6-16-7-10/h1-4H,6-7H2. The van der Waals surface area contributed by atoms with E-state index in [4.69, 9.17) is 10.00 Å². The van der Waals surface area contributed by atoms with E-state index in [1.54, 1.807) is 6.07 Å². The van der Waals surface area contributed by atoms with Gasteiger partial charge in [-0.2, -0.15) is 5.26 Å². The Hall–Kier alpha value is -1.74. The van der Waals surface area contributed by atoms with Crippen LogP contribution in [0.1, 0.15) is 5.56 Å². The quantitative estimate of drug-likeness (QED) is 0.800.